The lowest BCUT2D eigenvalue weighted by molar-refractivity contribution is 0.0695. The lowest BCUT2D eigenvalue weighted by Crippen LogP contribution is -2.17. The van der Waals surface area contributed by atoms with Gasteiger partial charge in [-0.25, -0.2) is 14.8 Å². The molecule has 98 valence electrons. The fraction of sp³-hybridized carbons (Fsp3) is 0.643. The second kappa shape index (κ2) is 5.46. The van der Waals surface area contributed by atoms with Crippen molar-refractivity contribution < 1.29 is 9.90 Å². The zero-order valence-electron chi connectivity index (χ0n) is 11.0. The van der Waals surface area contributed by atoms with E-state index in [-0.39, 0.29) is 5.56 Å². The Morgan fingerprint density at radius 2 is 2.28 bits per heavy atom. The van der Waals surface area contributed by atoms with Crippen molar-refractivity contribution >= 4 is 5.97 Å². The fourth-order valence-electron chi connectivity index (χ4n) is 2.79. The van der Waals surface area contributed by atoms with Crippen LogP contribution in [0.2, 0.25) is 0 Å². The molecule has 0 spiro atoms. The van der Waals surface area contributed by atoms with Gasteiger partial charge < -0.3 is 5.11 Å². The van der Waals surface area contributed by atoms with Crippen LogP contribution in [0, 0.1) is 12.8 Å². The third-order valence-corrected chi connectivity index (χ3v) is 3.95. The molecule has 1 heterocycles. The molecule has 0 aromatic carbocycles. The molecule has 1 aliphatic rings. The Balaban J connectivity index is 2.18. The van der Waals surface area contributed by atoms with Gasteiger partial charge >= 0.3 is 5.97 Å². The first-order valence-corrected chi connectivity index (χ1v) is 6.68. The number of aryl methyl sites for hydroxylation is 1. The van der Waals surface area contributed by atoms with Gasteiger partial charge in [-0.2, -0.15) is 0 Å². The summed E-state index contributed by atoms with van der Waals surface area (Å²) in [5, 5.41) is 8.97. The Bertz CT molecular complexity index is 445. The van der Waals surface area contributed by atoms with E-state index in [2.05, 4.69) is 16.9 Å². The predicted molar refractivity (Wildman–Crippen MR) is 68.7 cm³/mol. The lowest BCUT2D eigenvalue weighted by atomic mass is 9.80. The van der Waals surface area contributed by atoms with Gasteiger partial charge in [-0.05, 0) is 25.7 Å². The first-order valence-electron chi connectivity index (χ1n) is 6.68. The van der Waals surface area contributed by atoms with E-state index >= 15 is 0 Å². The van der Waals surface area contributed by atoms with Crippen molar-refractivity contribution in [1.29, 1.82) is 0 Å². The molecular formula is C14H20N2O2. The van der Waals surface area contributed by atoms with E-state index in [9.17, 15) is 4.79 Å². The van der Waals surface area contributed by atoms with Crippen molar-refractivity contribution in [3.63, 3.8) is 0 Å². The van der Waals surface area contributed by atoms with Crippen LogP contribution in [0.3, 0.4) is 0 Å². The van der Waals surface area contributed by atoms with Crippen LogP contribution >= 0.6 is 0 Å². The normalized spacial score (nSPS) is 23.9. The molecule has 1 aromatic rings. The highest BCUT2D eigenvalue weighted by Gasteiger charge is 2.24. The molecule has 0 amide bonds. The van der Waals surface area contributed by atoms with E-state index in [0.717, 1.165) is 24.6 Å². The van der Waals surface area contributed by atoms with Crippen molar-refractivity contribution in [2.75, 3.05) is 0 Å². The molecule has 1 N–H and O–H groups in total. The average Bonchev–Trinajstić information content (AvgIpc) is 2.38. The molecule has 0 aliphatic heterocycles. The number of rotatable bonds is 3. The summed E-state index contributed by atoms with van der Waals surface area (Å²) >= 11 is 0. The van der Waals surface area contributed by atoms with Crippen molar-refractivity contribution in [1.82, 2.24) is 9.97 Å². The third kappa shape index (κ3) is 2.68. The van der Waals surface area contributed by atoms with Crippen molar-refractivity contribution in [2.24, 2.45) is 5.92 Å². The number of hydrogen-bond donors (Lipinski definition) is 1. The van der Waals surface area contributed by atoms with E-state index in [0.29, 0.717) is 11.6 Å². The predicted octanol–water partition coefficient (Wildman–Crippen LogP) is 3.17. The SMILES string of the molecule is CCC1CCCC(c2ncc(C(=O)O)c(C)n2)C1. The number of carboxylic acids is 1. The summed E-state index contributed by atoms with van der Waals surface area (Å²) in [6.45, 7) is 3.97. The Morgan fingerprint density at radius 1 is 1.50 bits per heavy atom. The number of aromatic nitrogens is 2. The van der Waals surface area contributed by atoms with Gasteiger partial charge in [-0.3, -0.25) is 0 Å². The number of hydrogen-bond acceptors (Lipinski definition) is 3. The van der Waals surface area contributed by atoms with Gasteiger partial charge in [0, 0.05) is 12.1 Å². The molecule has 18 heavy (non-hydrogen) atoms. The summed E-state index contributed by atoms with van der Waals surface area (Å²) in [4.78, 5) is 19.6. The zero-order chi connectivity index (χ0) is 13.1. The second-order valence-corrected chi connectivity index (χ2v) is 5.17. The van der Waals surface area contributed by atoms with Crippen LogP contribution in [0.4, 0.5) is 0 Å². The van der Waals surface area contributed by atoms with Gasteiger partial charge in [0.2, 0.25) is 0 Å². The van der Waals surface area contributed by atoms with Crippen LogP contribution < -0.4 is 0 Å². The van der Waals surface area contributed by atoms with Gasteiger partial charge in [0.15, 0.2) is 0 Å². The van der Waals surface area contributed by atoms with E-state index in [1.54, 1.807) is 6.92 Å². The average molecular weight is 248 g/mol. The molecular weight excluding hydrogens is 228 g/mol. The van der Waals surface area contributed by atoms with Crippen LogP contribution in [0.1, 0.15) is 66.8 Å². The standard InChI is InChI=1S/C14H20N2O2/c1-3-10-5-4-6-11(7-10)13-15-8-12(14(17)18)9(2)16-13/h8,10-11H,3-7H2,1-2H3,(H,17,18). The first kappa shape index (κ1) is 13.0. The fourth-order valence-corrected chi connectivity index (χ4v) is 2.79. The maximum atomic E-state index is 10.9. The highest BCUT2D eigenvalue weighted by molar-refractivity contribution is 5.88. The molecule has 2 atom stereocenters. The monoisotopic (exact) mass is 248 g/mol. The molecule has 4 nitrogen and oxygen atoms in total. The van der Waals surface area contributed by atoms with Gasteiger partial charge in [0.05, 0.1) is 11.3 Å². The van der Waals surface area contributed by atoms with Crippen LogP contribution in [0.5, 0.6) is 0 Å². The second-order valence-electron chi connectivity index (χ2n) is 5.17. The lowest BCUT2D eigenvalue weighted by Gasteiger charge is -2.27. The maximum Gasteiger partial charge on any atom is 0.339 e. The van der Waals surface area contributed by atoms with Crippen LogP contribution in [-0.4, -0.2) is 21.0 Å². The van der Waals surface area contributed by atoms with Crippen molar-refractivity contribution in [2.45, 2.75) is 51.9 Å². The topological polar surface area (TPSA) is 63.1 Å². The summed E-state index contributed by atoms with van der Waals surface area (Å²) in [6, 6.07) is 0. The number of carbonyl (C=O) groups is 1. The van der Waals surface area contributed by atoms with Gasteiger partial charge in [0.25, 0.3) is 0 Å². The first-order chi connectivity index (χ1) is 8.61. The molecule has 2 rings (SSSR count). The summed E-state index contributed by atoms with van der Waals surface area (Å²) in [5.74, 6) is 1.06. The Labute approximate surface area is 107 Å². The summed E-state index contributed by atoms with van der Waals surface area (Å²) in [5.41, 5.74) is 0.785. The Morgan fingerprint density at radius 3 is 2.89 bits per heavy atom. The molecule has 2 unspecified atom stereocenters. The molecule has 1 saturated carbocycles. The number of carboxylic acid groups (broad SMARTS) is 1. The zero-order valence-corrected chi connectivity index (χ0v) is 11.0. The smallest absolute Gasteiger partial charge is 0.339 e. The number of nitrogens with zero attached hydrogens (tertiary/aromatic N) is 2. The largest absolute Gasteiger partial charge is 0.478 e. The minimum Gasteiger partial charge on any atom is -0.478 e. The molecule has 0 bridgehead atoms. The van der Waals surface area contributed by atoms with E-state index in [1.165, 1.54) is 25.5 Å². The van der Waals surface area contributed by atoms with Gasteiger partial charge in [0.1, 0.15) is 5.82 Å². The van der Waals surface area contributed by atoms with Crippen LogP contribution in [0.15, 0.2) is 6.20 Å². The van der Waals surface area contributed by atoms with Crippen LogP contribution in [-0.2, 0) is 0 Å². The molecule has 1 fully saturated rings. The molecule has 0 radical (unpaired) electrons. The molecule has 1 aromatic heterocycles. The maximum absolute atomic E-state index is 10.9. The van der Waals surface area contributed by atoms with E-state index in [1.807, 2.05) is 0 Å². The summed E-state index contributed by atoms with van der Waals surface area (Å²) in [6.07, 6.45) is 7.47. The third-order valence-electron chi connectivity index (χ3n) is 3.95. The highest BCUT2D eigenvalue weighted by Crippen LogP contribution is 2.36. The summed E-state index contributed by atoms with van der Waals surface area (Å²) in [7, 11) is 0. The van der Waals surface area contributed by atoms with Gasteiger partial charge in [-0.15, -0.1) is 0 Å². The van der Waals surface area contributed by atoms with Crippen molar-refractivity contribution in [3.05, 3.63) is 23.3 Å². The van der Waals surface area contributed by atoms with E-state index in [4.69, 9.17) is 5.11 Å². The van der Waals surface area contributed by atoms with Gasteiger partial charge in [-0.1, -0.05) is 26.2 Å². The minimum atomic E-state index is -0.950. The molecule has 0 saturated heterocycles. The molecule has 4 heteroatoms. The highest BCUT2D eigenvalue weighted by atomic mass is 16.4. The summed E-state index contributed by atoms with van der Waals surface area (Å²) < 4.78 is 0. The van der Waals surface area contributed by atoms with Crippen LogP contribution in [0.25, 0.3) is 0 Å². The Kier molecular flexibility index (Phi) is 3.94. The minimum absolute atomic E-state index is 0.210. The van der Waals surface area contributed by atoms with Crippen molar-refractivity contribution in [3.8, 4) is 0 Å². The Hall–Kier alpha value is -1.45. The number of aromatic carboxylic acids is 1. The quantitative estimate of drug-likeness (QED) is 0.892. The van der Waals surface area contributed by atoms with E-state index < -0.39 is 5.97 Å². The molecule has 1 aliphatic carbocycles.